The van der Waals surface area contributed by atoms with Crippen molar-refractivity contribution in [2.24, 2.45) is 0 Å². The Morgan fingerprint density at radius 3 is 2.19 bits per heavy atom. The average Bonchev–Trinajstić information content (AvgIpc) is 2.49. The molecule has 2 heteroatoms. The van der Waals surface area contributed by atoms with Gasteiger partial charge < -0.3 is 9.84 Å². The second-order valence-corrected chi connectivity index (χ2v) is 6.00. The van der Waals surface area contributed by atoms with E-state index in [1.54, 1.807) is 0 Å². The van der Waals surface area contributed by atoms with E-state index in [-0.39, 0.29) is 6.10 Å². The number of hydrogen-bond acceptors (Lipinski definition) is 2. The standard InChI is InChI=1S/C19H32O2/c1-3-4-5-6-7-8-9-16-21-19-14-12-18(13-15-19)11-10-17(2)20/h12-15,17,20H,3-11,16H2,1-2H3. The third-order valence-corrected chi connectivity index (χ3v) is 3.79. The topological polar surface area (TPSA) is 29.5 Å². The first kappa shape index (κ1) is 18.0. The first-order chi connectivity index (χ1) is 10.2. The Kier molecular flexibility index (Phi) is 9.98. The molecule has 21 heavy (non-hydrogen) atoms. The number of aryl methyl sites for hydroxylation is 1. The number of ether oxygens (including phenoxy) is 1. The zero-order chi connectivity index (χ0) is 15.3. The third kappa shape index (κ3) is 9.52. The van der Waals surface area contributed by atoms with E-state index in [1.165, 1.54) is 44.1 Å². The summed E-state index contributed by atoms with van der Waals surface area (Å²) in [5.74, 6) is 0.960. The van der Waals surface area contributed by atoms with E-state index in [1.807, 2.05) is 19.1 Å². The maximum atomic E-state index is 9.28. The smallest absolute Gasteiger partial charge is 0.119 e. The lowest BCUT2D eigenvalue weighted by Gasteiger charge is -2.08. The summed E-state index contributed by atoms with van der Waals surface area (Å²) in [6.07, 6.45) is 10.7. The van der Waals surface area contributed by atoms with Gasteiger partial charge in [-0.2, -0.15) is 0 Å². The molecule has 1 rings (SSSR count). The molecule has 1 aromatic carbocycles. The highest BCUT2D eigenvalue weighted by molar-refractivity contribution is 5.27. The quantitative estimate of drug-likeness (QED) is 0.541. The second kappa shape index (κ2) is 11.6. The highest BCUT2D eigenvalue weighted by atomic mass is 16.5. The molecule has 0 spiro atoms. The summed E-state index contributed by atoms with van der Waals surface area (Å²) < 4.78 is 5.76. The predicted octanol–water partition coefficient (Wildman–Crippen LogP) is 5.13. The van der Waals surface area contributed by atoms with Crippen LogP contribution in [0.1, 0.15) is 70.8 Å². The molecule has 0 bridgehead atoms. The van der Waals surface area contributed by atoms with Crippen molar-refractivity contribution in [1.82, 2.24) is 0 Å². The highest BCUT2D eigenvalue weighted by Gasteiger charge is 1.99. The van der Waals surface area contributed by atoms with Gasteiger partial charge in [0.25, 0.3) is 0 Å². The number of hydrogen-bond donors (Lipinski definition) is 1. The van der Waals surface area contributed by atoms with Crippen LogP contribution in [0.15, 0.2) is 24.3 Å². The van der Waals surface area contributed by atoms with Crippen molar-refractivity contribution in [1.29, 1.82) is 0 Å². The zero-order valence-electron chi connectivity index (χ0n) is 13.8. The number of aliphatic hydroxyl groups is 1. The first-order valence-electron chi connectivity index (χ1n) is 8.62. The van der Waals surface area contributed by atoms with E-state index < -0.39 is 0 Å². The molecule has 0 saturated carbocycles. The molecule has 1 unspecified atom stereocenters. The number of aliphatic hydroxyl groups excluding tert-OH is 1. The molecule has 0 aliphatic rings. The molecule has 0 aromatic heterocycles. The van der Waals surface area contributed by atoms with Crippen molar-refractivity contribution in [2.75, 3.05) is 6.61 Å². The van der Waals surface area contributed by atoms with Gasteiger partial charge in [-0.15, -0.1) is 0 Å². The molecule has 0 amide bonds. The maximum absolute atomic E-state index is 9.28. The van der Waals surface area contributed by atoms with Gasteiger partial charge in [0.1, 0.15) is 5.75 Å². The number of rotatable bonds is 12. The van der Waals surface area contributed by atoms with Gasteiger partial charge in [0.05, 0.1) is 12.7 Å². The van der Waals surface area contributed by atoms with Crippen molar-refractivity contribution in [3.63, 3.8) is 0 Å². The van der Waals surface area contributed by atoms with Crippen LogP contribution >= 0.6 is 0 Å². The molecule has 0 radical (unpaired) electrons. The Morgan fingerprint density at radius 1 is 0.952 bits per heavy atom. The zero-order valence-corrected chi connectivity index (χ0v) is 13.8. The van der Waals surface area contributed by atoms with E-state index in [2.05, 4.69) is 19.1 Å². The van der Waals surface area contributed by atoms with Crippen LogP contribution in [0.25, 0.3) is 0 Å². The normalized spacial score (nSPS) is 12.3. The summed E-state index contributed by atoms with van der Waals surface area (Å²) in [4.78, 5) is 0. The second-order valence-electron chi connectivity index (χ2n) is 6.00. The van der Waals surface area contributed by atoms with Gasteiger partial charge >= 0.3 is 0 Å². The average molecular weight is 292 g/mol. The van der Waals surface area contributed by atoms with Crippen LogP contribution in [-0.4, -0.2) is 17.8 Å². The Labute approximate surface area is 130 Å². The van der Waals surface area contributed by atoms with E-state index in [0.717, 1.165) is 31.6 Å². The highest BCUT2D eigenvalue weighted by Crippen LogP contribution is 2.15. The maximum Gasteiger partial charge on any atom is 0.119 e. The Bertz CT molecular complexity index is 343. The van der Waals surface area contributed by atoms with Gasteiger partial charge in [0, 0.05) is 0 Å². The van der Waals surface area contributed by atoms with Crippen molar-refractivity contribution in [3.8, 4) is 5.75 Å². The minimum Gasteiger partial charge on any atom is -0.494 e. The monoisotopic (exact) mass is 292 g/mol. The largest absolute Gasteiger partial charge is 0.494 e. The van der Waals surface area contributed by atoms with E-state index in [0.29, 0.717) is 0 Å². The van der Waals surface area contributed by atoms with Crippen LogP contribution in [-0.2, 0) is 6.42 Å². The summed E-state index contributed by atoms with van der Waals surface area (Å²) in [5.41, 5.74) is 1.26. The fourth-order valence-electron chi connectivity index (χ4n) is 2.38. The molecule has 0 fully saturated rings. The predicted molar refractivity (Wildman–Crippen MR) is 89.9 cm³/mol. The number of benzene rings is 1. The van der Waals surface area contributed by atoms with E-state index >= 15 is 0 Å². The van der Waals surface area contributed by atoms with Crippen molar-refractivity contribution in [3.05, 3.63) is 29.8 Å². The van der Waals surface area contributed by atoms with Crippen LogP contribution < -0.4 is 4.74 Å². The molecule has 1 aromatic rings. The SMILES string of the molecule is CCCCCCCCCOc1ccc(CCC(C)O)cc1. The van der Waals surface area contributed by atoms with Crippen molar-refractivity contribution >= 4 is 0 Å². The van der Waals surface area contributed by atoms with Crippen molar-refractivity contribution < 1.29 is 9.84 Å². The third-order valence-electron chi connectivity index (χ3n) is 3.79. The van der Waals surface area contributed by atoms with E-state index in [9.17, 15) is 5.11 Å². The summed E-state index contributed by atoms with van der Waals surface area (Å²) in [7, 11) is 0. The molecule has 2 nitrogen and oxygen atoms in total. The Hall–Kier alpha value is -1.02. The lowest BCUT2D eigenvalue weighted by atomic mass is 10.1. The summed E-state index contributed by atoms with van der Waals surface area (Å²) in [5, 5.41) is 9.28. The van der Waals surface area contributed by atoms with Crippen LogP contribution in [0.5, 0.6) is 5.75 Å². The molecule has 0 aliphatic heterocycles. The van der Waals surface area contributed by atoms with Gasteiger partial charge in [-0.05, 0) is 43.9 Å². The molecule has 0 saturated heterocycles. The van der Waals surface area contributed by atoms with Gasteiger partial charge in [0.2, 0.25) is 0 Å². The molecule has 120 valence electrons. The van der Waals surface area contributed by atoms with Crippen LogP contribution in [0, 0.1) is 0 Å². The number of unbranched alkanes of at least 4 members (excludes halogenated alkanes) is 6. The molecular weight excluding hydrogens is 260 g/mol. The summed E-state index contributed by atoms with van der Waals surface area (Å²) in [6.45, 7) is 4.91. The van der Waals surface area contributed by atoms with Crippen LogP contribution in [0.3, 0.4) is 0 Å². The molecule has 0 aliphatic carbocycles. The lowest BCUT2D eigenvalue weighted by molar-refractivity contribution is 0.185. The molecular formula is C19H32O2. The van der Waals surface area contributed by atoms with Gasteiger partial charge in [-0.1, -0.05) is 57.6 Å². The van der Waals surface area contributed by atoms with Gasteiger partial charge in [0.15, 0.2) is 0 Å². The van der Waals surface area contributed by atoms with Crippen LogP contribution in [0.4, 0.5) is 0 Å². The summed E-state index contributed by atoms with van der Waals surface area (Å²) >= 11 is 0. The molecule has 1 atom stereocenters. The molecule has 1 N–H and O–H groups in total. The fraction of sp³-hybridized carbons (Fsp3) is 0.684. The first-order valence-corrected chi connectivity index (χ1v) is 8.62. The minimum absolute atomic E-state index is 0.224. The summed E-state index contributed by atoms with van der Waals surface area (Å²) in [6, 6.07) is 8.28. The van der Waals surface area contributed by atoms with Gasteiger partial charge in [-0.25, -0.2) is 0 Å². The minimum atomic E-state index is -0.224. The van der Waals surface area contributed by atoms with E-state index in [4.69, 9.17) is 4.74 Å². The van der Waals surface area contributed by atoms with Gasteiger partial charge in [-0.3, -0.25) is 0 Å². The van der Waals surface area contributed by atoms with Crippen molar-refractivity contribution in [2.45, 2.75) is 77.7 Å². The lowest BCUT2D eigenvalue weighted by Crippen LogP contribution is -2.01. The Balaban J connectivity index is 2.07. The molecule has 0 heterocycles. The fourth-order valence-corrected chi connectivity index (χ4v) is 2.38. The van der Waals surface area contributed by atoms with Crippen LogP contribution in [0.2, 0.25) is 0 Å². The Morgan fingerprint density at radius 2 is 1.57 bits per heavy atom.